The first-order valence-corrected chi connectivity index (χ1v) is 6.76. The van der Waals surface area contributed by atoms with E-state index in [-0.39, 0.29) is 24.5 Å². The van der Waals surface area contributed by atoms with Gasteiger partial charge in [0.2, 0.25) is 5.91 Å². The van der Waals surface area contributed by atoms with Gasteiger partial charge >= 0.3 is 0 Å². The van der Waals surface area contributed by atoms with Crippen LogP contribution in [0.2, 0.25) is 0 Å². The van der Waals surface area contributed by atoms with Crippen molar-refractivity contribution in [1.29, 1.82) is 0 Å². The Morgan fingerprint density at radius 3 is 2.39 bits per heavy atom. The van der Waals surface area contributed by atoms with E-state index >= 15 is 0 Å². The molecular formula is C13H26N2O3. The van der Waals surface area contributed by atoms with Crippen molar-refractivity contribution in [3.63, 3.8) is 0 Å². The number of nitrogens with zero attached hydrogens (tertiary/aromatic N) is 2. The number of hydrogen-bond acceptors (Lipinski definition) is 4. The minimum Gasteiger partial charge on any atom is -0.395 e. The van der Waals surface area contributed by atoms with Crippen LogP contribution < -0.4 is 0 Å². The molecule has 5 heteroatoms. The standard InChI is InChI=1S/C13H26N2O3/c1-4-12(9-16)14-5-7-15(8-6-14)13(17)11(2)10-18-3/h11-12,16H,4-10H2,1-3H3. The molecule has 1 aliphatic heterocycles. The molecule has 1 aliphatic rings. The maximum absolute atomic E-state index is 12.1. The minimum absolute atomic E-state index is 0.0682. The zero-order chi connectivity index (χ0) is 13.5. The highest BCUT2D eigenvalue weighted by atomic mass is 16.5. The lowest BCUT2D eigenvalue weighted by atomic mass is 10.1. The van der Waals surface area contributed by atoms with Gasteiger partial charge in [-0.2, -0.15) is 0 Å². The number of piperazine rings is 1. The van der Waals surface area contributed by atoms with Crippen LogP contribution in [-0.4, -0.2) is 73.4 Å². The molecule has 0 saturated carbocycles. The normalized spacial score (nSPS) is 20.8. The van der Waals surface area contributed by atoms with Crippen LogP contribution in [0.25, 0.3) is 0 Å². The molecule has 106 valence electrons. The van der Waals surface area contributed by atoms with Gasteiger partial charge in [-0.1, -0.05) is 13.8 Å². The van der Waals surface area contributed by atoms with Crippen LogP contribution in [0.4, 0.5) is 0 Å². The first-order chi connectivity index (χ1) is 8.63. The third-order valence-corrected chi connectivity index (χ3v) is 3.66. The number of aliphatic hydroxyl groups excluding tert-OH is 1. The molecule has 0 spiro atoms. The predicted octanol–water partition coefficient (Wildman–Crippen LogP) is 0.184. The highest BCUT2D eigenvalue weighted by Gasteiger charge is 2.27. The lowest BCUT2D eigenvalue weighted by molar-refractivity contribution is -0.138. The fourth-order valence-electron chi connectivity index (χ4n) is 2.44. The van der Waals surface area contributed by atoms with Crippen LogP contribution in [0.1, 0.15) is 20.3 Å². The summed E-state index contributed by atoms with van der Waals surface area (Å²) in [7, 11) is 1.62. The highest BCUT2D eigenvalue weighted by Crippen LogP contribution is 2.11. The van der Waals surface area contributed by atoms with E-state index < -0.39 is 0 Å². The van der Waals surface area contributed by atoms with Crippen molar-refractivity contribution < 1.29 is 14.6 Å². The average molecular weight is 258 g/mol. The van der Waals surface area contributed by atoms with Crippen molar-refractivity contribution in [1.82, 2.24) is 9.80 Å². The number of rotatable bonds is 6. The van der Waals surface area contributed by atoms with Gasteiger partial charge in [-0.15, -0.1) is 0 Å². The van der Waals surface area contributed by atoms with E-state index in [2.05, 4.69) is 11.8 Å². The van der Waals surface area contributed by atoms with Gasteiger partial charge in [-0.25, -0.2) is 0 Å². The van der Waals surface area contributed by atoms with Crippen molar-refractivity contribution in [2.24, 2.45) is 5.92 Å². The van der Waals surface area contributed by atoms with E-state index in [0.717, 1.165) is 32.6 Å². The molecule has 1 rings (SSSR count). The van der Waals surface area contributed by atoms with E-state index in [1.807, 2.05) is 11.8 Å². The second kappa shape index (κ2) is 7.71. The number of carbonyl (C=O) groups excluding carboxylic acids is 1. The van der Waals surface area contributed by atoms with Crippen molar-refractivity contribution in [3.05, 3.63) is 0 Å². The van der Waals surface area contributed by atoms with Crippen molar-refractivity contribution in [2.45, 2.75) is 26.3 Å². The lowest BCUT2D eigenvalue weighted by Gasteiger charge is -2.39. The van der Waals surface area contributed by atoms with Crippen LogP contribution >= 0.6 is 0 Å². The summed E-state index contributed by atoms with van der Waals surface area (Å²) in [4.78, 5) is 16.3. The molecule has 5 nitrogen and oxygen atoms in total. The van der Waals surface area contributed by atoms with Crippen LogP contribution in [-0.2, 0) is 9.53 Å². The van der Waals surface area contributed by atoms with Gasteiger partial charge in [0.25, 0.3) is 0 Å². The van der Waals surface area contributed by atoms with Crippen molar-refractivity contribution in [2.75, 3.05) is 46.5 Å². The molecule has 1 saturated heterocycles. The SMILES string of the molecule is CCC(CO)N1CCN(C(=O)C(C)COC)CC1. The first kappa shape index (κ1) is 15.4. The van der Waals surface area contributed by atoms with Crippen molar-refractivity contribution >= 4 is 5.91 Å². The molecule has 2 atom stereocenters. The van der Waals surface area contributed by atoms with E-state index in [9.17, 15) is 9.90 Å². The Balaban J connectivity index is 2.41. The number of amides is 1. The quantitative estimate of drug-likeness (QED) is 0.738. The van der Waals surface area contributed by atoms with Gasteiger partial charge in [0.05, 0.1) is 19.1 Å². The predicted molar refractivity (Wildman–Crippen MR) is 70.4 cm³/mol. The van der Waals surface area contributed by atoms with Gasteiger partial charge in [0.1, 0.15) is 0 Å². The molecule has 18 heavy (non-hydrogen) atoms. The molecule has 1 heterocycles. The molecule has 0 aromatic carbocycles. The molecule has 0 aliphatic carbocycles. The maximum atomic E-state index is 12.1. The number of methoxy groups -OCH3 is 1. The largest absolute Gasteiger partial charge is 0.395 e. The van der Waals surface area contributed by atoms with Crippen LogP contribution in [0.5, 0.6) is 0 Å². The summed E-state index contributed by atoms with van der Waals surface area (Å²) in [6.45, 7) is 7.87. The molecule has 0 aromatic rings. The number of ether oxygens (including phenoxy) is 1. The van der Waals surface area contributed by atoms with Crippen LogP contribution in [0.15, 0.2) is 0 Å². The maximum Gasteiger partial charge on any atom is 0.227 e. The van der Waals surface area contributed by atoms with Crippen LogP contribution in [0, 0.1) is 5.92 Å². The Morgan fingerprint density at radius 1 is 1.33 bits per heavy atom. The van der Waals surface area contributed by atoms with Gasteiger partial charge in [-0.3, -0.25) is 9.69 Å². The van der Waals surface area contributed by atoms with E-state index in [4.69, 9.17) is 4.74 Å². The molecule has 1 fully saturated rings. The summed E-state index contributed by atoms with van der Waals surface area (Å²) in [6.07, 6.45) is 0.949. The van der Waals surface area contributed by atoms with Crippen LogP contribution in [0.3, 0.4) is 0 Å². The third-order valence-electron chi connectivity index (χ3n) is 3.66. The molecular weight excluding hydrogens is 232 g/mol. The minimum atomic E-state index is -0.0682. The smallest absolute Gasteiger partial charge is 0.227 e. The molecule has 1 amide bonds. The van der Waals surface area contributed by atoms with Gasteiger partial charge < -0.3 is 14.7 Å². The summed E-state index contributed by atoms with van der Waals surface area (Å²) >= 11 is 0. The summed E-state index contributed by atoms with van der Waals surface area (Å²) < 4.78 is 5.02. The van der Waals surface area contributed by atoms with Crippen molar-refractivity contribution in [3.8, 4) is 0 Å². The Bertz CT molecular complexity index is 249. The summed E-state index contributed by atoms with van der Waals surface area (Å²) in [5.41, 5.74) is 0. The number of aliphatic hydroxyl groups is 1. The zero-order valence-electron chi connectivity index (χ0n) is 11.8. The highest BCUT2D eigenvalue weighted by molar-refractivity contribution is 5.78. The lowest BCUT2D eigenvalue weighted by Crippen LogP contribution is -2.53. The molecule has 1 N–H and O–H groups in total. The second-order valence-corrected chi connectivity index (χ2v) is 4.96. The fourth-order valence-corrected chi connectivity index (χ4v) is 2.44. The number of carbonyl (C=O) groups is 1. The summed E-state index contributed by atoms with van der Waals surface area (Å²) in [5.74, 6) is 0.106. The average Bonchev–Trinajstić information content (AvgIpc) is 2.40. The van der Waals surface area contributed by atoms with Gasteiger partial charge in [0, 0.05) is 39.3 Å². The molecule has 2 unspecified atom stereocenters. The monoisotopic (exact) mass is 258 g/mol. The number of hydrogen-bond donors (Lipinski definition) is 1. The Labute approximate surface area is 110 Å². The molecule has 0 bridgehead atoms. The molecule has 0 aromatic heterocycles. The Kier molecular flexibility index (Phi) is 6.60. The van der Waals surface area contributed by atoms with E-state index in [0.29, 0.717) is 6.61 Å². The topological polar surface area (TPSA) is 53.0 Å². The van der Waals surface area contributed by atoms with Gasteiger partial charge in [0.15, 0.2) is 0 Å². The first-order valence-electron chi connectivity index (χ1n) is 6.76. The molecule has 0 radical (unpaired) electrons. The van der Waals surface area contributed by atoms with E-state index in [1.54, 1.807) is 7.11 Å². The second-order valence-electron chi connectivity index (χ2n) is 4.96. The third kappa shape index (κ3) is 3.93. The van der Waals surface area contributed by atoms with Gasteiger partial charge in [-0.05, 0) is 6.42 Å². The summed E-state index contributed by atoms with van der Waals surface area (Å²) in [5, 5.41) is 9.27. The van der Waals surface area contributed by atoms with E-state index in [1.165, 1.54) is 0 Å². The Morgan fingerprint density at radius 2 is 1.94 bits per heavy atom. The fraction of sp³-hybridized carbons (Fsp3) is 0.923. The summed E-state index contributed by atoms with van der Waals surface area (Å²) in [6, 6.07) is 0.235. The zero-order valence-corrected chi connectivity index (χ0v) is 11.8. The Hall–Kier alpha value is -0.650.